The predicted molar refractivity (Wildman–Crippen MR) is 97.0 cm³/mol. The van der Waals surface area contributed by atoms with E-state index in [4.69, 9.17) is 23.7 Å². The molecule has 9 nitrogen and oxygen atoms in total. The minimum absolute atomic E-state index is 0. The summed E-state index contributed by atoms with van der Waals surface area (Å²) in [6.45, 7) is 2.31. The van der Waals surface area contributed by atoms with E-state index >= 15 is 0 Å². The second-order valence-electron chi connectivity index (χ2n) is 5.03. The first-order valence-corrected chi connectivity index (χ1v) is 10.7. The second kappa shape index (κ2) is 20.5. The average molecular weight is 422 g/mol. The van der Waals surface area contributed by atoms with Gasteiger partial charge in [-0.1, -0.05) is 64.7 Å². The molecule has 0 heterocycles. The van der Waals surface area contributed by atoms with E-state index in [1.54, 1.807) is 0 Å². The van der Waals surface area contributed by atoms with E-state index in [2.05, 4.69) is 11.1 Å². The zero-order valence-electron chi connectivity index (χ0n) is 16.6. The molecule has 0 aliphatic carbocycles. The molecule has 0 aliphatic rings. The van der Waals surface area contributed by atoms with Crippen molar-refractivity contribution in [2.75, 3.05) is 6.61 Å². The van der Waals surface area contributed by atoms with E-state index in [1.165, 1.54) is 44.9 Å². The summed E-state index contributed by atoms with van der Waals surface area (Å²) < 4.78 is 33.0. The molecule has 0 fully saturated rings. The molecule has 0 saturated heterocycles. The third-order valence-electron chi connectivity index (χ3n) is 2.73. The monoisotopic (exact) mass is 421 g/mol. The smallest absolute Gasteiger partial charge is 1.00 e. The number of rotatable bonds is 12. The van der Waals surface area contributed by atoms with E-state index in [9.17, 15) is 8.42 Å². The van der Waals surface area contributed by atoms with Gasteiger partial charge in [-0.2, -0.15) is 8.42 Å². The molecule has 8 N–H and O–H groups in total. The molecular weight excluding hydrogens is 386 g/mol. The van der Waals surface area contributed by atoms with Gasteiger partial charge in [0.05, 0.1) is 6.61 Å². The Morgan fingerprint density at radius 1 is 0.833 bits per heavy atom. The van der Waals surface area contributed by atoms with E-state index < -0.39 is 19.4 Å². The van der Waals surface area contributed by atoms with Crippen LogP contribution in [0.2, 0.25) is 0 Å². The summed E-state index contributed by atoms with van der Waals surface area (Å²) in [6, 6.07) is 0. The van der Waals surface area contributed by atoms with Gasteiger partial charge in [0.1, 0.15) is 0 Å². The van der Waals surface area contributed by atoms with Gasteiger partial charge in [-0.05, 0) is 6.42 Å². The summed E-state index contributed by atoms with van der Waals surface area (Å²) >= 11 is 0. The van der Waals surface area contributed by atoms with Gasteiger partial charge in [0.25, 0.3) is 0 Å². The van der Waals surface area contributed by atoms with Crippen molar-refractivity contribution < 1.29 is 39.2 Å². The van der Waals surface area contributed by atoms with Crippen molar-refractivity contribution >= 4 is 57.2 Å². The largest absolute Gasteiger partial charge is 2.00 e. The van der Waals surface area contributed by atoms with Gasteiger partial charge < -0.3 is 28.2 Å². The van der Waals surface area contributed by atoms with Crippen molar-refractivity contribution in [3.05, 3.63) is 0 Å². The van der Waals surface area contributed by atoms with Gasteiger partial charge >= 0.3 is 57.2 Å². The fourth-order valence-corrected chi connectivity index (χ4v) is 2.08. The van der Waals surface area contributed by atoms with Crippen molar-refractivity contribution in [2.24, 2.45) is 0 Å². The number of hydrogen-bond acceptors (Lipinski definition) is 8. The molecule has 0 aromatic rings. The van der Waals surface area contributed by atoms with E-state index in [-0.39, 0.29) is 53.3 Å². The second-order valence-corrected chi connectivity index (χ2v) is 7.32. The molecular formula is C12H35CaNO8SSi. The Bertz CT molecular complexity index is 345. The summed E-state index contributed by atoms with van der Waals surface area (Å²) in [6.07, 6.45) is 11.9. The van der Waals surface area contributed by atoms with Gasteiger partial charge in [0.2, 0.25) is 0 Å². The maximum atomic E-state index is 10.2. The van der Waals surface area contributed by atoms with Crippen molar-refractivity contribution in [3.63, 3.8) is 0 Å². The molecule has 12 heteroatoms. The number of unbranched alkanes of at least 4 members (excludes halogenated alkanes) is 9. The van der Waals surface area contributed by atoms with Crippen molar-refractivity contribution in [1.29, 1.82) is 0 Å². The molecule has 0 bridgehead atoms. The number of hydrogen-bond donors (Lipinski definition) is 6. The van der Waals surface area contributed by atoms with Crippen LogP contribution in [0.1, 0.15) is 74.0 Å². The van der Waals surface area contributed by atoms with Crippen LogP contribution >= 0.6 is 0 Å². The van der Waals surface area contributed by atoms with Crippen molar-refractivity contribution in [3.8, 4) is 0 Å². The molecule has 0 unspecified atom stereocenters. The Hall–Kier alpha value is 1.15. The van der Waals surface area contributed by atoms with Crippen LogP contribution in [0, 0.1) is 0 Å². The van der Waals surface area contributed by atoms with E-state index in [1.807, 2.05) is 0 Å². The van der Waals surface area contributed by atoms with E-state index in [0.29, 0.717) is 6.42 Å². The molecule has 0 atom stereocenters. The third kappa shape index (κ3) is 49.5. The fraction of sp³-hybridized carbons (Fsp3) is 1.00. The first-order valence-electron chi connectivity index (χ1n) is 7.57. The first kappa shape index (κ1) is 32.8. The Morgan fingerprint density at radius 2 is 1.12 bits per heavy atom. The molecule has 0 saturated carbocycles. The van der Waals surface area contributed by atoms with Crippen LogP contribution < -0.4 is 6.15 Å². The maximum Gasteiger partial charge on any atom is 2.00 e. The molecule has 0 radical (unpaired) electrons. The van der Waals surface area contributed by atoms with Crippen LogP contribution in [0.15, 0.2) is 0 Å². The Labute approximate surface area is 179 Å². The third-order valence-corrected chi connectivity index (χ3v) is 3.19. The van der Waals surface area contributed by atoms with Crippen LogP contribution in [-0.2, 0) is 14.6 Å². The maximum absolute atomic E-state index is 10.2. The normalized spacial score (nSPS) is 10.9. The Morgan fingerprint density at radius 3 is 1.42 bits per heavy atom. The van der Waals surface area contributed by atoms with Crippen molar-refractivity contribution in [1.82, 2.24) is 6.15 Å². The average Bonchev–Trinajstić information content (AvgIpc) is 2.32. The molecule has 24 heavy (non-hydrogen) atoms. The minimum Gasteiger partial charge on any atom is -1.00 e. The zero-order chi connectivity index (χ0) is 17.5. The first-order chi connectivity index (χ1) is 10.1. The molecule has 0 amide bonds. The fourth-order valence-electron chi connectivity index (χ4n) is 1.75. The van der Waals surface area contributed by atoms with Gasteiger partial charge in [0.15, 0.2) is 0 Å². The van der Waals surface area contributed by atoms with E-state index in [0.717, 1.165) is 12.8 Å². The molecule has 0 rings (SSSR count). The minimum atomic E-state index is -4.61. The van der Waals surface area contributed by atoms with Gasteiger partial charge in [0, 0.05) is 0 Å². The summed E-state index contributed by atoms with van der Waals surface area (Å²) in [4.78, 5) is 29.3. The summed E-state index contributed by atoms with van der Waals surface area (Å²) in [5, 5.41) is 0. The zero-order valence-corrected chi connectivity index (χ0v) is 18.6. The van der Waals surface area contributed by atoms with Crippen LogP contribution in [0.5, 0.6) is 0 Å². The summed E-state index contributed by atoms with van der Waals surface area (Å²) in [5.74, 6) is 0. The molecule has 0 spiro atoms. The Kier molecular flexibility index (Phi) is 27.9. The van der Waals surface area contributed by atoms with Crippen LogP contribution in [0.25, 0.3) is 0 Å². The van der Waals surface area contributed by atoms with Gasteiger partial charge in [-0.3, -0.25) is 4.55 Å². The van der Waals surface area contributed by atoms with Crippen LogP contribution in [0.3, 0.4) is 0 Å². The Balaban J connectivity index is -0.0000000984. The van der Waals surface area contributed by atoms with Crippen LogP contribution in [0.4, 0.5) is 0 Å². The molecule has 0 aliphatic heterocycles. The molecule has 0 aromatic carbocycles. The van der Waals surface area contributed by atoms with Crippen LogP contribution in [-0.4, -0.2) is 85.5 Å². The SMILES string of the molecule is CCCCCCCCCCCCOS(=O)(=O)O.N.O[Si](O)(O)O.[Ca+2].[H-].[H-]. The topological polar surface area (TPSA) is 180 Å². The summed E-state index contributed by atoms with van der Waals surface area (Å²) in [7, 11) is -8.85. The quantitative estimate of drug-likeness (QED) is 0.153. The summed E-state index contributed by atoms with van der Waals surface area (Å²) in [5.41, 5.74) is 0. The van der Waals surface area contributed by atoms with Crippen molar-refractivity contribution in [2.45, 2.75) is 71.1 Å². The standard InChI is InChI=1S/C12H26O4S.Ca.H3N.H4O4Si.2H/c1-2-3-4-5-6-7-8-9-10-11-12-16-17(13,14)15;;;1-5(2,3)4;;/h2-12H2,1H3,(H,13,14,15);;1H3;1-4H;;/q;+2;;;2*-1. The predicted octanol–water partition coefficient (Wildman–Crippen LogP) is 1.12. The molecule has 0 aromatic heterocycles. The van der Waals surface area contributed by atoms with Gasteiger partial charge in [-0.25, -0.2) is 4.18 Å². The molecule has 148 valence electrons. The van der Waals surface area contributed by atoms with Gasteiger partial charge in [-0.15, -0.1) is 0 Å².